The van der Waals surface area contributed by atoms with Crippen LogP contribution < -0.4 is 4.74 Å². The average molecular weight is 327 g/mol. The molecule has 4 nitrogen and oxygen atoms in total. The van der Waals surface area contributed by atoms with E-state index in [2.05, 4.69) is 10.1 Å². The number of nitrogens with zero attached hydrogens (tertiary/aromatic N) is 3. The van der Waals surface area contributed by atoms with Crippen molar-refractivity contribution in [3.05, 3.63) is 58.5 Å². The van der Waals surface area contributed by atoms with Crippen molar-refractivity contribution in [2.75, 3.05) is 0 Å². The van der Waals surface area contributed by atoms with Crippen molar-refractivity contribution in [1.29, 1.82) is 0 Å². The smallest absolute Gasteiger partial charge is 0.225 e. The molecule has 4 aromatic rings. The highest BCUT2D eigenvalue weighted by atomic mass is 32.1. The van der Waals surface area contributed by atoms with Crippen molar-refractivity contribution in [1.82, 2.24) is 14.6 Å². The molecule has 4 rings (SSSR count). The van der Waals surface area contributed by atoms with Gasteiger partial charge in [-0.25, -0.2) is 9.50 Å². The molecule has 0 aliphatic heterocycles. The molecule has 1 aromatic carbocycles. The van der Waals surface area contributed by atoms with Crippen LogP contribution in [0.2, 0.25) is 0 Å². The first-order chi connectivity index (χ1) is 10.8. The van der Waals surface area contributed by atoms with Crippen molar-refractivity contribution in [2.45, 2.75) is 13.5 Å². The predicted octanol–water partition coefficient (Wildman–Crippen LogP) is 4.41. The SMILES string of the molecule is Cc1nn2ccsc2c1-c1nc(OCc2ccccc2)cs1. The monoisotopic (exact) mass is 327 g/mol. The number of aromatic nitrogens is 3. The van der Waals surface area contributed by atoms with Crippen LogP contribution in [0.25, 0.3) is 15.4 Å². The third-order valence-electron chi connectivity index (χ3n) is 3.35. The van der Waals surface area contributed by atoms with Gasteiger partial charge in [-0.05, 0) is 12.5 Å². The van der Waals surface area contributed by atoms with Gasteiger partial charge in [0.2, 0.25) is 5.88 Å². The third kappa shape index (κ3) is 2.40. The van der Waals surface area contributed by atoms with E-state index in [1.807, 2.05) is 58.7 Å². The van der Waals surface area contributed by atoms with E-state index in [1.54, 1.807) is 22.7 Å². The van der Waals surface area contributed by atoms with Crippen molar-refractivity contribution in [3.8, 4) is 16.5 Å². The van der Waals surface area contributed by atoms with Crippen molar-refractivity contribution >= 4 is 27.5 Å². The van der Waals surface area contributed by atoms with Gasteiger partial charge >= 0.3 is 0 Å². The number of hydrogen-bond acceptors (Lipinski definition) is 5. The van der Waals surface area contributed by atoms with Gasteiger partial charge in [0.15, 0.2) is 0 Å². The lowest BCUT2D eigenvalue weighted by Crippen LogP contribution is -1.94. The van der Waals surface area contributed by atoms with Crippen molar-refractivity contribution in [2.24, 2.45) is 0 Å². The van der Waals surface area contributed by atoms with Crippen molar-refractivity contribution in [3.63, 3.8) is 0 Å². The number of hydrogen-bond donors (Lipinski definition) is 0. The van der Waals surface area contributed by atoms with Crippen molar-refractivity contribution < 1.29 is 4.74 Å². The van der Waals surface area contributed by atoms with Gasteiger partial charge < -0.3 is 4.74 Å². The fourth-order valence-electron chi connectivity index (χ4n) is 2.31. The molecule has 0 unspecified atom stereocenters. The molecule has 0 atom stereocenters. The summed E-state index contributed by atoms with van der Waals surface area (Å²) in [5, 5.41) is 9.45. The Morgan fingerprint density at radius 1 is 1.18 bits per heavy atom. The lowest BCUT2D eigenvalue weighted by Gasteiger charge is -2.02. The molecule has 0 amide bonds. The fraction of sp³-hybridized carbons (Fsp3) is 0.125. The van der Waals surface area contributed by atoms with E-state index in [0.717, 1.165) is 26.7 Å². The zero-order chi connectivity index (χ0) is 14.9. The highest BCUT2D eigenvalue weighted by molar-refractivity contribution is 7.17. The molecular formula is C16H13N3OS2. The summed E-state index contributed by atoms with van der Waals surface area (Å²) in [6, 6.07) is 10.1. The maximum atomic E-state index is 5.78. The predicted molar refractivity (Wildman–Crippen MR) is 89.7 cm³/mol. The molecule has 0 saturated carbocycles. The lowest BCUT2D eigenvalue weighted by atomic mass is 10.2. The lowest BCUT2D eigenvalue weighted by molar-refractivity contribution is 0.296. The number of ether oxygens (including phenoxy) is 1. The van der Waals surface area contributed by atoms with E-state index >= 15 is 0 Å². The van der Waals surface area contributed by atoms with E-state index in [4.69, 9.17) is 4.74 Å². The summed E-state index contributed by atoms with van der Waals surface area (Å²) in [6.07, 6.45) is 1.97. The molecule has 0 aliphatic carbocycles. The number of thiazole rings is 2. The van der Waals surface area contributed by atoms with Gasteiger partial charge in [-0.3, -0.25) is 0 Å². The number of fused-ring (bicyclic) bond motifs is 1. The van der Waals surface area contributed by atoms with E-state index in [0.29, 0.717) is 12.5 Å². The maximum absolute atomic E-state index is 5.78. The Labute approximate surface area is 135 Å². The fourth-order valence-corrected chi connectivity index (χ4v) is 4.09. The Morgan fingerprint density at radius 3 is 2.91 bits per heavy atom. The molecule has 3 heterocycles. The molecule has 0 bridgehead atoms. The second-order valence-corrected chi connectivity index (χ2v) is 6.63. The highest BCUT2D eigenvalue weighted by Gasteiger charge is 2.16. The van der Waals surface area contributed by atoms with E-state index < -0.39 is 0 Å². The summed E-state index contributed by atoms with van der Waals surface area (Å²) in [4.78, 5) is 5.73. The number of benzene rings is 1. The molecule has 3 aromatic heterocycles. The van der Waals surface area contributed by atoms with Crippen LogP contribution >= 0.6 is 22.7 Å². The quantitative estimate of drug-likeness (QED) is 0.557. The van der Waals surface area contributed by atoms with Gasteiger partial charge in [0.1, 0.15) is 16.4 Å². The first-order valence-corrected chi connectivity index (χ1v) is 8.62. The largest absolute Gasteiger partial charge is 0.472 e. The molecule has 0 fully saturated rings. The van der Waals surface area contributed by atoms with Gasteiger partial charge in [0.05, 0.1) is 16.6 Å². The minimum Gasteiger partial charge on any atom is -0.472 e. The molecule has 6 heteroatoms. The van der Waals surface area contributed by atoms with Crippen LogP contribution in [-0.2, 0) is 6.61 Å². The summed E-state index contributed by atoms with van der Waals surface area (Å²) in [5.74, 6) is 0.666. The van der Waals surface area contributed by atoms with Crippen LogP contribution in [0.3, 0.4) is 0 Å². The van der Waals surface area contributed by atoms with Gasteiger partial charge in [0.25, 0.3) is 0 Å². The zero-order valence-corrected chi connectivity index (χ0v) is 13.5. The van der Waals surface area contributed by atoms with Gasteiger partial charge in [-0.15, -0.1) is 22.7 Å². The topological polar surface area (TPSA) is 39.4 Å². The molecule has 0 spiro atoms. The standard InChI is InChI=1S/C16H13N3OS2/c1-11-14(16-19(18-11)7-8-21-16)15-17-13(10-22-15)20-9-12-5-3-2-4-6-12/h2-8,10H,9H2,1H3. The summed E-state index contributed by atoms with van der Waals surface area (Å²) in [5.41, 5.74) is 3.24. The molecular weight excluding hydrogens is 314 g/mol. The first kappa shape index (κ1) is 13.5. The first-order valence-electron chi connectivity index (χ1n) is 6.86. The number of aryl methyl sites for hydroxylation is 1. The summed E-state index contributed by atoms with van der Waals surface area (Å²) >= 11 is 3.27. The van der Waals surface area contributed by atoms with Crippen LogP contribution in [0.5, 0.6) is 5.88 Å². The molecule has 0 aliphatic rings. The van der Waals surface area contributed by atoms with Crippen LogP contribution in [0.4, 0.5) is 0 Å². The Kier molecular flexibility index (Phi) is 3.40. The van der Waals surface area contributed by atoms with Gasteiger partial charge in [0, 0.05) is 11.6 Å². The van der Waals surface area contributed by atoms with Crippen LogP contribution in [0, 0.1) is 6.92 Å². The molecule has 110 valence electrons. The average Bonchev–Trinajstić information content (AvgIpc) is 3.22. The van der Waals surface area contributed by atoms with Crippen LogP contribution in [0.1, 0.15) is 11.3 Å². The van der Waals surface area contributed by atoms with Crippen LogP contribution in [0.15, 0.2) is 47.3 Å². The minimum atomic E-state index is 0.533. The highest BCUT2D eigenvalue weighted by Crippen LogP contribution is 2.34. The molecule has 0 saturated heterocycles. The van der Waals surface area contributed by atoms with E-state index in [1.165, 1.54) is 0 Å². The second kappa shape index (κ2) is 5.55. The zero-order valence-electron chi connectivity index (χ0n) is 11.9. The Morgan fingerprint density at radius 2 is 2.05 bits per heavy atom. The summed E-state index contributed by atoms with van der Waals surface area (Å²) in [6.45, 7) is 2.55. The Bertz CT molecular complexity index is 908. The Hall–Kier alpha value is -2.18. The molecule has 0 radical (unpaired) electrons. The summed E-state index contributed by atoms with van der Waals surface area (Å²) < 4.78 is 7.68. The second-order valence-electron chi connectivity index (χ2n) is 4.88. The molecule has 0 N–H and O–H groups in total. The minimum absolute atomic E-state index is 0.533. The third-order valence-corrected chi connectivity index (χ3v) is 5.06. The van der Waals surface area contributed by atoms with Crippen LogP contribution in [-0.4, -0.2) is 14.6 Å². The van der Waals surface area contributed by atoms with E-state index in [9.17, 15) is 0 Å². The maximum Gasteiger partial charge on any atom is 0.225 e. The van der Waals surface area contributed by atoms with Gasteiger partial charge in [-0.1, -0.05) is 30.3 Å². The normalized spacial score (nSPS) is 11.1. The Balaban J connectivity index is 1.59. The summed E-state index contributed by atoms with van der Waals surface area (Å²) in [7, 11) is 0. The molecule has 22 heavy (non-hydrogen) atoms. The van der Waals surface area contributed by atoms with Gasteiger partial charge in [-0.2, -0.15) is 5.10 Å². The number of rotatable bonds is 4. The van der Waals surface area contributed by atoms with E-state index in [-0.39, 0.29) is 0 Å².